The first-order valence-electron chi connectivity index (χ1n) is 8.52. The standard InChI is InChI=1S/C19H20N4OS/c24-19(21-14-6-4-10-20-12-14)16-13-23(15-7-2-1-3-8-15)22-18(16)17-9-5-11-25-17/h1-3,5,7-9,11,13-14,20H,4,6,10,12H2,(H,21,24). The van der Waals surface area contributed by atoms with Crippen molar-refractivity contribution in [1.29, 1.82) is 0 Å². The number of nitrogens with zero attached hydrogens (tertiary/aromatic N) is 2. The van der Waals surface area contributed by atoms with Gasteiger partial charge in [0, 0.05) is 18.8 Å². The van der Waals surface area contributed by atoms with E-state index in [4.69, 9.17) is 0 Å². The first-order valence-corrected chi connectivity index (χ1v) is 9.40. The van der Waals surface area contributed by atoms with E-state index < -0.39 is 0 Å². The Morgan fingerprint density at radius 3 is 2.84 bits per heavy atom. The van der Waals surface area contributed by atoms with E-state index in [1.165, 1.54) is 0 Å². The molecule has 3 aromatic rings. The SMILES string of the molecule is O=C(NC1CCCNC1)c1cn(-c2ccccc2)nc1-c1cccs1. The van der Waals surface area contributed by atoms with Gasteiger partial charge in [-0.05, 0) is 43.0 Å². The first-order chi connectivity index (χ1) is 12.3. The van der Waals surface area contributed by atoms with Gasteiger partial charge in [0.05, 0.1) is 16.1 Å². The third-order valence-electron chi connectivity index (χ3n) is 4.37. The van der Waals surface area contributed by atoms with Gasteiger partial charge >= 0.3 is 0 Å². The number of para-hydroxylation sites is 1. The van der Waals surface area contributed by atoms with Gasteiger partial charge in [-0.2, -0.15) is 5.10 Å². The van der Waals surface area contributed by atoms with E-state index in [-0.39, 0.29) is 11.9 Å². The Kier molecular flexibility index (Phi) is 4.63. The third kappa shape index (κ3) is 3.50. The van der Waals surface area contributed by atoms with Crippen molar-refractivity contribution in [3.05, 3.63) is 59.6 Å². The van der Waals surface area contributed by atoms with Crippen LogP contribution in [0.15, 0.2) is 54.0 Å². The summed E-state index contributed by atoms with van der Waals surface area (Å²) in [4.78, 5) is 13.9. The second-order valence-corrected chi connectivity index (χ2v) is 7.11. The molecule has 4 rings (SSSR count). The van der Waals surface area contributed by atoms with Crippen molar-refractivity contribution in [2.24, 2.45) is 0 Å². The molecule has 3 heterocycles. The van der Waals surface area contributed by atoms with Crippen LogP contribution in [0.5, 0.6) is 0 Å². The summed E-state index contributed by atoms with van der Waals surface area (Å²) in [7, 11) is 0. The third-order valence-corrected chi connectivity index (χ3v) is 5.24. The summed E-state index contributed by atoms with van der Waals surface area (Å²) < 4.78 is 1.78. The maximum atomic E-state index is 12.9. The summed E-state index contributed by atoms with van der Waals surface area (Å²) in [5.74, 6) is -0.0562. The monoisotopic (exact) mass is 352 g/mol. The quantitative estimate of drug-likeness (QED) is 0.759. The van der Waals surface area contributed by atoms with Crippen LogP contribution < -0.4 is 10.6 Å². The molecule has 1 atom stereocenters. The van der Waals surface area contributed by atoms with E-state index >= 15 is 0 Å². The fraction of sp³-hybridized carbons (Fsp3) is 0.263. The van der Waals surface area contributed by atoms with Crippen molar-refractivity contribution in [3.8, 4) is 16.3 Å². The topological polar surface area (TPSA) is 59.0 Å². The number of carbonyl (C=O) groups is 1. The highest BCUT2D eigenvalue weighted by atomic mass is 32.1. The van der Waals surface area contributed by atoms with Gasteiger partial charge in [-0.1, -0.05) is 24.3 Å². The van der Waals surface area contributed by atoms with Crippen molar-refractivity contribution in [2.75, 3.05) is 13.1 Å². The zero-order valence-corrected chi connectivity index (χ0v) is 14.6. The number of hydrogen-bond donors (Lipinski definition) is 2. The molecule has 0 bridgehead atoms. The Balaban J connectivity index is 1.67. The number of amides is 1. The molecule has 6 heteroatoms. The summed E-state index contributed by atoms with van der Waals surface area (Å²) >= 11 is 1.59. The Morgan fingerprint density at radius 2 is 2.12 bits per heavy atom. The minimum Gasteiger partial charge on any atom is -0.348 e. The molecule has 0 saturated carbocycles. The predicted molar refractivity (Wildman–Crippen MR) is 100 cm³/mol. The van der Waals surface area contributed by atoms with Gasteiger partial charge in [0.25, 0.3) is 5.91 Å². The fourth-order valence-corrected chi connectivity index (χ4v) is 3.81. The lowest BCUT2D eigenvalue weighted by Gasteiger charge is -2.23. The van der Waals surface area contributed by atoms with Gasteiger partial charge in [-0.25, -0.2) is 4.68 Å². The number of benzene rings is 1. The molecule has 1 aliphatic heterocycles. The largest absolute Gasteiger partial charge is 0.348 e. The minimum atomic E-state index is -0.0562. The van der Waals surface area contributed by atoms with Crippen LogP contribution in [0.25, 0.3) is 16.3 Å². The fourth-order valence-electron chi connectivity index (χ4n) is 3.09. The predicted octanol–water partition coefficient (Wildman–Crippen LogP) is 3.08. The number of aromatic nitrogens is 2. The van der Waals surface area contributed by atoms with Crippen LogP contribution in [-0.4, -0.2) is 34.8 Å². The molecule has 25 heavy (non-hydrogen) atoms. The Labute approximate surface area is 150 Å². The van der Waals surface area contributed by atoms with E-state index in [1.54, 1.807) is 16.0 Å². The van der Waals surface area contributed by atoms with Crippen LogP contribution in [-0.2, 0) is 0 Å². The average molecular weight is 352 g/mol. The molecule has 2 N–H and O–H groups in total. The maximum absolute atomic E-state index is 12.9. The molecule has 0 aliphatic carbocycles. The molecule has 2 aromatic heterocycles. The van der Waals surface area contributed by atoms with Crippen LogP contribution >= 0.6 is 11.3 Å². The molecular formula is C19H20N4OS. The van der Waals surface area contributed by atoms with E-state index in [2.05, 4.69) is 15.7 Å². The smallest absolute Gasteiger partial charge is 0.255 e. The summed E-state index contributed by atoms with van der Waals surface area (Å²) in [5.41, 5.74) is 2.30. The molecule has 1 unspecified atom stereocenters. The number of thiophene rings is 1. The highest BCUT2D eigenvalue weighted by Gasteiger charge is 2.22. The molecule has 0 radical (unpaired) electrons. The molecule has 1 saturated heterocycles. The molecule has 128 valence electrons. The Bertz CT molecular complexity index is 836. The first kappa shape index (κ1) is 16.1. The van der Waals surface area contributed by atoms with Crippen molar-refractivity contribution in [1.82, 2.24) is 20.4 Å². The number of nitrogens with one attached hydrogen (secondary N) is 2. The lowest BCUT2D eigenvalue weighted by atomic mass is 10.1. The summed E-state index contributed by atoms with van der Waals surface area (Å²) in [5, 5.41) is 13.2. The number of rotatable bonds is 4. The van der Waals surface area contributed by atoms with Crippen LogP contribution in [0.2, 0.25) is 0 Å². The average Bonchev–Trinajstić information content (AvgIpc) is 3.33. The van der Waals surface area contributed by atoms with Crippen LogP contribution in [0, 0.1) is 0 Å². The van der Waals surface area contributed by atoms with Crippen LogP contribution in [0.1, 0.15) is 23.2 Å². The molecular weight excluding hydrogens is 332 g/mol. The van der Waals surface area contributed by atoms with Crippen molar-refractivity contribution >= 4 is 17.2 Å². The van der Waals surface area contributed by atoms with Crippen molar-refractivity contribution in [2.45, 2.75) is 18.9 Å². The molecule has 1 aliphatic rings. The van der Waals surface area contributed by atoms with Gasteiger partial charge in [-0.15, -0.1) is 11.3 Å². The van der Waals surface area contributed by atoms with Gasteiger partial charge in [0.1, 0.15) is 5.69 Å². The molecule has 1 amide bonds. The molecule has 1 fully saturated rings. The number of piperidine rings is 1. The lowest BCUT2D eigenvalue weighted by Crippen LogP contribution is -2.45. The lowest BCUT2D eigenvalue weighted by molar-refractivity contribution is 0.0931. The molecule has 5 nitrogen and oxygen atoms in total. The van der Waals surface area contributed by atoms with Gasteiger partial charge in [0.2, 0.25) is 0 Å². The molecule has 1 aromatic carbocycles. The second kappa shape index (κ2) is 7.21. The van der Waals surface area contributed by atoms with Crippen molar-refractivity contribution < 1.29 is 4.79 Å². The normalized spacial score (nSPS) is 17.4. The van der Waals surface area contributed by atoms with Gasteiger partial charge in [0.15, 0.2) is 0 Å². The number of hydrogen-bond acceptors (Lipinski definition) is 4. The van der Waals surface area contributed by atoms with Crippen LogP contribution in [0.3, 0.4) is 0 Å². The highest BCUT2D eigenvalue weighted by Crippen LogP contribution is 2.28. The van der Waals surface area contributed by atoms with E-state index in [9.17, 15) is 4.79 Å². The Morgan fingerprint density at radius 1 is 1.24 bits per heavy atom. The summed E-state index contributed by atoms with van der Waals surface area (Å²) in [6.07, 6.45) is 3.93. The Hall–Kier alpha value is -2.44. The van der Waals surface area contributed by atoms with Gasteiger partial charge < -0.3 is 10.6 Å². The zero-order chi connectivity index (χ0) is 17.1. The van der Waals surface area contributed by atoms with E-state index in [0.29, 0.717) is 5.56 Å². The summed E-state index contributed by atoms with van der Waals surface area (Å²) in [6, 6.07) is 14.0. The molecule has 0 spiro atoms. The highest BCUT2D eigenvalue weighted by molar-refractivity contribution is 7.13. The van der Waals surface area contributed by atoms with Crippen molar-refractivity contribution in [3.63, 3.8) is 0 Å². The number of carbonyl (C=O) groups excluding carboxylic acids is 1. The second-order valence-electron chi connectivity index (χ2n) is 6.17. The zero-order valence-electron chi connectivity index (χ0n) is 13.8. The van der Waals surface area contributed by atoms with Gasteiger partial charge in [-0.3, -0.25) is 4.79 Å². The van der Waals surface area contributed by atoms with Crippen LogP contribution in [0.4, 0.5) is 0 Å². The summed E-state index contributed by atoms with van der Waals surface area (Å²) in [6.45, 7) is 1.85. The minimum absolute atomic E-state index is 0.0562. The maximum Gasteiger partial charge on any atom is 0.255 e. The van der Waals surface area contributed by atoms with E-state index in [1.807, 2.05) is 54.0 Å². The van der Waals surface area contributed by atoms with E-state index in [0.717, 1.165) is 42.2 Å².